The molecule has 0 unspecified atom stereocenters. The Morgan fingerprint density at radius 2 is 1.80 bits per heavy atom. The van der Waals surface area contributed by atoms with Gasteiger partial charge in [-0.2, -0.15) is 0 Å². The van der Waals surface area contributed by atoms with E-state index >= 15 is 0 Å². The molecule has 0 saturated heterocycles. The van der Waals surface area contributed by atoms with Gasteiger partial charge < -0.3 is 23.9 Å². The predicted molar refractivity (Wildman–Crippen MR) is 111 cm³/mol. The van der Waals surface area contributed by atoms with Gasteiger partial charge in [-0.15, -0.1) is 11.3 Å². The molecule has 3 aromatic rings. The van der Waals surface area contributed by atoms with Crippen LogP contribution in [-0.4, -0.2) is 43.2 Å². The minimum atomic E-state index is -0.564. The lowest BCUT2D eigenvalue weighted by atomic mass is 10.1. The van der Waals surface area contributed by atoms with E-state index in [-0.39, 0.29) is 12.3 Å². The summed E-state index contributed by atoms with van der Waals surface area (Å²) in [6, 6.07) is 5.53. The molecule has 0 spiro atoms. The van der Waals surface area contributed by atoms with Gasteiger partial charge in [-0.25, -0.2) is 14.6 Å². The smallest absolute Gasteiger partial charge is 0.355 e. The second kappa shape index (κ2) is 9.00. The minimum Gasteiger partial charge on any atom is -0.493 e. The number of methoxy groups -OCH3 is 3. The van der Waals surface area contributed by atoms with E-state index in [0.717, 1.165) is 10.6 Å². The summed E-state index contributed by atoms with van der Waals surface area (Å²) in [4.78, 5) is 31.8. The number of nitrogens with one attached hydrogen (secondary N) is 1. The molecule has 1 N–H and O–H groups in total. The van der Waals surface area contributed by atoms with Crippen LogP contribution in [-0.2, 0) is 16.1 Å². The average molecular weight is 430 g/mol. The molecule has 158 valence electrons. The van der Waals surface area contributed by atoms with Crippen molar-refractivity contribution in [3.05, 3.63) is 51.8 Å². The van der Waals surface area contributed by atoms with E-state index in [1.165, 1.54) is 18.4 Å². The molecular formula is C21H22N2O6S. The third-order valence-electron chi connectivity index (χ3n) is 4.56. The van der Waals surface area contributed by atoms with Crippen LogP contribution in [0.4, 0.5) is 0 Å². The molecule has 30 heavy (non-hydrogen) atoms. The Bertz CT molecular complexity index is 1090. The fourth-order valence-electron chi connectivity index (χ4n) is 3.05. The molecule has 0 fully saturated rings. The van der Waals surface area contributed by atoms with Crippen LogP contribution in [0.2, 0.25) is 0 Å². The van der Waals surface area contributed by atoms with Gasteiger partial charge in [-0.1, -0.05) is 0 Å². The van der Waals surface area contributed by atoms with Crippen molar-refractivity contribution in [2.75, 3.05) is 21.3 Å². The number of H-pyrrole nitrogens is 1. The minimum absolute atomic E-state index is 0.00763. The van der Waals surface area contributed by atoms with Crippen molar-refractivity contribution in [2.24, 2.45) is 0 Å². The molecule has 1 aromatic carbocycles. The highest BCUT2D eigenvalue weighted by Gasteiger charge is 2.23. The topological polar surface area (TPSA) is 99.7 Å². The van der Waals surface area contributed by atoms with Crippen molar-refractivity contribution in [1.82, 2.24) is 9.97 Å². The third kappa shape index (κ3) is 4.16. The van der Waals surface area contributed by atoms with Crippen LogP contribution < -0.4 is 9.47 Å². The molecule has 2 heterocycles. The molecule has 0 bridgehead atoms. The average Bonchev–Trinajstić information content (AvgIpc) is 3.35. The summed E-state index contributed by atoms with van der Waals surface area (Å²) in [6.07, 6.45) is 0. The monoisotopic (exact) mass is 430 g/mol. The second-order valence-corrected chi connectivity index (χ2v) is 7.26. The number of hydrogen-bond donors (Lipinski definition) is 1. The summed E-state index contributed by atoms with van der Waals surface area (Å²) in [7, 11) is 4.45. The summed E-state index contributed by atoms with van der Waals surface area (Å²) < 4.78 is 20.7. The summed E-state index contributed by atoms with van der Waals surface area (Å²) in [5, 5.41) is 2.59. The zero-order valence-electron chi connectivity index (χ0n) is 17.3. The first-order chi connectivity index (χ1) is 14.4. The molecule has 0 saturated carbocycles. The number of thiazole rings is 1. The Morgan fingerprint density at radius 1 is 1.07 bits per heavy atom. The number of rotatable bonds is 7. The Balaban J connectivity index is 1.72. The molecule has 8 nitrogen and oxygen atoms in total. The molecule has 0 aliphatic heterocycles. The van der Waals surface area contributed by atoms with Gasteiger partial charge in [0.05, 0.1) is 32.6 Å². The van der Waals surface area contributed by atoms with Crippen molar-refractivity contribution >= 4 is 23.3 Å². The number of aromatic nitrogens is 2. The number of carbonyl (C=O) groups excluding carboxylic acids is 2. The zero-order chi connectivity index (χ0) is 21.8. The van der Waals surface area contributed by atoms with Crippen molar-refractivity contribution < 1.29 is 28.5 Å². The number of aromatic amines is 1. The lowest BCUT2D eigenvalue weighted by molar-refractivity contribution is 0.0461. The molecule has 3 rings (SSSR count). The maximum atomic E-state index is 12.5. The normalized spacial score (nSPS) is 10.6. The highest BCUT2D eigenvalue weighted by molar-refractivity contribution is 7.13. The number of hydrogen-bond acceptors (Lipinski definition) is 8. The SMILES string of the molecule is COC(=O)c1c(C)[nH]c(C(=O)OCc2csc(-c3ccc(OC)c(OC)c3)n2)c1C. The summed E-state index contributed by atoms with van der Waals surface area (Å²) in [5.41, 5.74) is 3.10. The van der Waals surface area contributed by atoms with Gasteiger partial charge in [0.2, 0.25) is 0 Å². The predicted octanol–water partition coefficient (Wildman–Crippen LogP) is 3.92. The van der Waals surface area contributed by atoms with Crippen LogP contribution in [0.5, 0.6) is 11.5 Å². The van der Waals surface area contributed by atoms with E-state index < -0.39 is 11.9 Å². The second-order valence-electron chi connectivity index (χ2n) is 6.41. The molecular weight excluding hydrogens is 408 g/mol. The highest BCUT2D eigenvalue weighted by atomic mass is 32.1. The lowest BCUT2D eigenvalue weighted by Gasteiger charge is -2.08. The van der Waals surface area contributed by atoms with Crippen molar-refractivity contribution in [2.45, 2.75) is 20.5 Å². The number of nitrogens with zero attached hydrogens (tertiary/aromatic N) is 1. The van der Waals surface area contributed by atoms with Crippen molar-refractivity contribution in [3.63, 3.8) is 0 Å². The van der Waals surface area contributed by atoms with Gasteiger partial charge >= 0.3 is 11.9 Å². The first-order valence-electron chi connectivity index (χ1n) is 9.01. The maximum absolute atomic E-state index is 12.5. The molecule has 0 atom stereocenters. The zero-order valence-corrected chi connectivity index (χ0v) is 18.1. The first kappa shape index (κ1) is 21.4. The number of carbonyl (C=O) groups is 2. The van der Waals surface area contributed by atoms with E-state index in [1.807, 2.05) is 23.6 Å². The van der Waals surface area contributed by atoms with Crippen molar-refractivity contribution in [3.8, 4) is 22.1 Å². The van der Waals surface area contributed by atoms with Crippen LogP contribution >= 0.6 is 11.3 Å². The quantitative estimate of drug-likeness (QED) is 0.567. The lowest BCUT2D eigenvalue weighted by Crippen LogP contribution is -2.08. The molecule has 0 radical (unpaired) electrons. The number of aryl methyl sites for hydroxylation is 1. The van der Waals surface area contributed by atoms with Gasteiger partial charge in [0.25, 0.3) is 0 Å². The third-order valence-corrected chi connectivity index (χ3v) is 5.50. The number of benzene rings is 1. The summed E-state index contributed by atoms with van der Waals surface area (Å²) in [6.45, 7) is 3.38. The molecule has 2 aromatic heterocycles. The molecule has 0 amide bonds. The first-order valence-corrected chi connectivity index (χ1v) is 9.89. The number of esters is 2. The van der Waals surface area contributed by atoms with Crippen LogP contribution in [0.25, 0.3) is 10.6 Å². The van der Waals surface area contributed by atoms with Gasteiger partial charge in [0.1, 0.15) is 17.3 Å². The van der Waals surface area contributed by atoms with Crippen molar-refractivity contribution in [1.29, 1.82) is 0 Å². The van der Waals surface area contributed by atoms with E-state index in [2.05, 4.69) is 9.97 Å². The molecule has 0 aliphatic carbocycles. The van der Waals surface area contributed by atoms with E-state index in [4.69, 9.17) is 18.9 Å². The Morgan fingerprint density at radius 3 is 2.47 bits per heavy atom. The van der Waals surface area contributed by atoms with Gasteiger partial charge in [0.15, 0.2) is 11.5 Å². The van der Waals surface area contributed by atoms with Gasteiger partial charge in [-0.05, 0) is 37.6 Å². The van der Waals surface area contributed by atoms with Crippen LogP contribution in [0.3, 0.4) is 0 Å². The fraction of sp³-hybridized carbons (Fsp3) is 0.286. The van der Waals surface area contributed by atoms with E-state index in [1.54, 1.807) is 28.1 Å². The number of ether oxygens (including phenoxy) is 4. The Hall–Kier alpha value is -3.33. The van der Waals surface area contributed by atoms with Crippen LogP contribution in [0, 0.1) is 13.8 Å². The maximum Gasteiger partial charge on any atom is 0.355 e. The van der Waals surface area contributed by atoms with Crippen LogP contribution in [0.15, 0.2) is 23.6 Å². The Kier molecular flexibility index (Phi) is 6.41. The highest BCUT2D eigenvalue weighted by Crippen LogP contribution is 2.33. The van der Waals surface area contributed by atoms with Gasteiger partial charge in [0, 0.05) is 16.6 Å². The summed E-state index contributed by atoms with van der Waals surface area (Å²) >= 11 is 1.43. The summed E-state index contributed by atoms with van der Waals surface area (Å²) in [5.74, 6) is 0.179. The molecule has 9 heteroatoms. The largest absolute Gasteiger partial charge is 0.493 e. The van der Waals surface area contributed by atoms with Crippen LogP contribution in [0.1, 0.15) is 37.8 Å². The fourth-order valence-corrected chi connectivity index (χ4v) is 3.85. The standard InChI is InChI=1S/C21H22N2O6S/c1-11-17(20(24)28-5)12(2)22-18(11)21(25)29-9-14-10-30-19(23-14)13-6-7-15(26-3)16(8-13)27-4/h6-8,10,22H,9H2,1-5H3. The van der Waals surface area contributed by atoms with E-state index in [9.17, 15) is 9.59 Å². The van der Waals surface area contributed by atoms with E-state index in [0.29, 0.717) is 34.0 Å². The molecule has 0 aliphatic rings. The van der Waals surface area contributed by atoms with Gasteiger partial charge in [-0.3, -0.25) is 0 Å². The Labute approximate surface area is 177 Å².